The molecule has 0 bridgehead atoms. The van der Waals surface area contributed by atoms with E-state index in [2.05, 4.69) is 15.9 Å². The molecular weight excluding hydrogens is 343 g/mol. The van der Waals surface area contributed by atoms with E-state index in [0.717, 1.165) is 6.07 Å². The first-order valence-electron chi connectivity index (χ1n) is 5.54. The Balaban J connectivity index is 3.11. The molecule has 2 nitrogen and oxygen atoms in total. The van der Waals surface area contributed by atoms with E-state index in [0.29, 0.717) is 4.47 Å². The minimum Gasteiger partial charge on any atom is -0.598 e. The normalized spacial score (nSPS) is 15.6. The molecule has 0 amide bonds. The maximum absolute atomic E-state index is 13.7. The van der Waals surface area contributed by atoms with Crippen LogP contribution in [0, 0.1) is 5.82 Å². The fourth-order valence-corrected chi connectivity index (χ4v) is 2.47. The van der Waals surface area contributed by atoms with E-state index < -0.39 is 34.3 Å². The van der Waals surface area contributed by atoms with E-state index in [1.165, 1.54) is 26.0 Å². The third-order valence-corrected chi connectivity index (χ3v) is 4.67. The van der Waals surface area contributed by atoms with Gasteiger partial charge in [-0.3, -0.25) is 0 Å². The fourth-order valence-electron chi connectivity index (χ4n) is 1.75. The molecule has 0 aliphatic rings. The summed E-state index contributed by atoms with van der Waals surface area (Å²) in [6, 6.07) is 3.89. The van der Waals surface area contributed by atoms with Crippen molar-refractivity contribution in [2.75, 3.05) is 0 Å². The molecule has 0 spiro atoms. The zero-order chi connectivity index (χ0) is 14.8. The molecule has 19 heavy (non-hydrogen) atoms. The van der Waals surface area contributed by atoms with Crippen LogP contribution in [0.1, 0.15) is 31.7 Å². The van der Waals surface area contributed by atoms with Crippen LogP contribution < -0.4 is 5.14 Å². The van der Waals surface area contributed by atoms with Crippen molar-refractivity contribution in [2.24, 2.45) is 5.14 Å². The highest BCUT2D eigenvalue weighted by Crippen LogP contribution is 2.36. The molecule has 1 aromatic rings. The minimum absolute atomic E-state index is 0.0945. The number of rotatable bonds is 5. The second-order valence-electron chi connectivity index (χ2n) is 4.87. The van der Waals surface area contributed by atoms with Crippen LogP contribution in [0.3, 0.4) is 0 Å². The summed E-state index contributed by atoms with van der Waals surface area (Å²) in [4.78, 5) is 0. The molecule has 0 aliphatic carbocycles. The van der Waals surface area contributed by atoms with Gasteiger partial charge in [-0.05, 0) is 37.6 Å². The lowest BCUT2D eigenvalue weighted by molar-refractivity contribution is 0.104. The van der Waals surface area contributed by atoms with Gasteiger partial charge >= 0.3 is 0 Å². The highest BCUT2D eigenvalue weighted by molar-refractivity contribution is 9.10. The van der Waals surface area contributed by atoms with E-state index in [1.807, 2.05) is 0 Å². The molecule has 108 valence electrons. The summed E-state index contributed by atoms with van der Waals surface area (Å²) in [5.41, 5.74) is -0.0945. The third-order valence-electron chi connectivity index (χ3n) is 2.92. The Bertz CT molecular complexity index is 443. The van der Waals surface area contributed by atoms with Crippen LogP contribution in [-0.4, -0.2) is 15.7 Å². The summed E-state index contributed by atoms with van der Waals surface area (Å²) < 4.78 is 50.9. The monoisotopic (exact) mass is 357 g/mol. The third kappa shape index (κ3) is 4.37. The molecule has 2 atom stereocenters. The zero-order valence-electron chi connectivity index (χ0n) is 10.5. The molecule has 2 N–H and O–H groups in total. The average molecular weight is 358 g/mol. The molecule has 1 rings (SSSR count). The van der Waals surface area contributed by atoms with Crippen molar-refractivity contribution in [3.63, 3.8) is 0 Å². The second kappa shape index (κ2) is 6.47. The summed E-state index contributed by atoms with van der Waals surface area (Å²) in [5, 5.41) is 5.29. The zero-order valence-corrected chi connectivity index (χ0v) is 12.9. The number of nitrogens with two attached hydrogens (primary N) is 1. The van der Waals surface area contributed by atoms with Crippen LogP contribution in [0.4, 0.5) is 13.2 Å². The van der Waals surface area contributed by atoms with Crippen LogP contribution in [0.2, 0.25) is 0 Å². The van der Waals surface area contributed by atoms with Crippen molar-refractivity contribution >= 4 is 27.3 Å². The molecule has 0 saturated carbocycles. The Morgan fingerprint density at radius 3 is 2.47 bits per heavy atom. The van der Waals surface area contributed by atoms with E-state index >= 15 is 0 Å². The summed E-state index contributed by atoms with van der Waals surface area (Å²) in [6.45, 7) is 3.04. The van der Waals surface area contributed by atoms with E-state index in [9.17, 15) is 17.7 Å². The number of hydrogen-bond acceptors (Lipinski definition) is 2. The smallest absolute Gasteiger partial charge is 0.245 e. The maximum Gasteiger partial charge on any atom is 0.245 e. The van der Waals surface area contributed by atoms with Gasteiger partial charge in [-0.2, -0.15) is 5.14 Å². The Morgan fingerprint density at radius 1 is 1.42 bits per heavy atom. The largest absolute Gasteiger partial charge is 0.598 e. The van der Waals surface area contributed by atoms with Gasteiger partial charge in [0.15, 0.2) is 0 Å². The van der Waals surface area contributed by atoms with Gasteiger partial charge in [0.25, 0.3) is 0 Å². The summed E-state index contributed by atoms with van der Waals surface area (Å²) in [5.74, 6) is -2.05. The quantitative estimate of drug-likeness (QED) is 0.816. The van der Waals surface area contributed by atoms with Gasteiger partial charge in [0.2, 0.25) is 6.43 Å². The summed E-state index contributed by atoms with van der Waals surface area (Å²) in [6.07, 6.45) is -2.92. The van der Waals surface area contributed by atoms with Crippen LogP contribution >= 0.6 is 15.9 Å². The number of halogens is 4. The number of benzene rings is 1. The molecule has 7 heteroatoms. The summed E-state index contributed by atoms with van der Waals surface area (Å²) >= 11 is 1.36. The highest BCUT2D eigenvalue weighted by atomic mass is 79.9. The van der Waals surface area contributed by atoms with Crippen molar-refractivity contribution in [1.82, 2.24) is 0 Å². The summed E-state index contributed by atoms with van der Waals surface area (Å²) in [7, 11) is 0. The second-order valence-corrected chi connectivity index (χ2v) is 7.48. The number of hydrogen-bond donors (Lipinski definition) is 1. The highest BCUT2D eigenvalue weighted by Gasteiger charge is 2.38. The molecule has 0 aromatic heterocycles. The lowest BCUT2D eigenvalue weighted by Gasteiger charge is -2.29. The number of alkyl halides is 2. The van der Waals surface area contributed by atoms with Crippen LogP contribution in [-0.2, 0) is 11.4 Å². The molecule has 0 saturated heterocycles. The van der Waals surface area contributed by atoms with Crippen LogP contribution in [0.15, 0.2) is 22.7 Å². The lowest BCUT2D eigenvalue weighted by Crippen LogP contribution is -2.40. The standard InChI is InChI=1S/C12H15BrF3NOS/c1-12(2,19(17)18)6-9(11(15)16)8-5-7(13)3-4-10(8)14/h3-5,9,11H,6,17H2,1-2H3/t9-,19?/m0/s1. The first kappa shape index (κ1) is 16.8. The van der Waals surface area contributed by atoms with E-state index in [1.54, 1.807) is 0 Å². The predicted octanol–water partition coefficient (Wildman–Crippen LogP) is 3.73. The molecule has 0 fully saturated rings. The van der Waals surface area contributed by atoms with Crippen molar-refractivity contribution in [1.29, 1.82) is 0 Å². The molecule has 0 heterocycles. The Kier molecular flexibility index (Phi) is 5.73. The van der Waals surface area contributed by atoms with Gasteiger partial charge in [0.1, 0.15) is 10.6 Å². The first-order chi connectivity index (χ1) is 8.65. The Morgan fingerprint density at radius 2 is 2.00 bits per heavy atom. The van der Waals surface area contributed by atoms with Gasteiger partial charge in [-0.1, -0.05) is 15.9 Å². The topological polar surface area (TPSA) is 49.1 Å². The van der Waals surface area contributed by atoms with Crippen molar-refractivity contribution in [3.05, 3.63) is 34.1 Å². The SMILES string of the molecule is CC(C)(C[C@@H](c1cc(Br)ccc1F)C(F)F)[S+](N)[O-]. The van der Waals surface area contributed by atoms with E-state index in [-0.39, 0.29) is 12.0 Å². The van der Waals surface area contributed by atoms with Gasteiger partial charge in [-0.15, -0.1) is 0 Å². The molecule has 1 unspecified atom stereocenters. The first-order valence-corrected chi connectivity index (χ1v) is 7.55. The lowest BCUT2D eigenvalue weighted by atomic mass is 9.90. The van der Waals surface area contributed by atoms with Gasteiger partial charge in [-0.25, -0.2) is 13.2 Å². The van der Waals surface area contributed by atoms with Crippen LogP contribution in [0.25, 0.3) is 0 Å². The molecule has 0 radical (unpaired) electrons. The maximum atomic E-state index is 13.7. The average Bonchev–Trinajstić information content (AvgIpc) is 2.29. The molecule has 1 aromatic carbocycles. The Labute approximate surface area is 122 Å². The minimum atomic E-state index is -2.76. The van der Waals surface area contributed by atoms with Gasteiger partial charge < -0.3 is 4.55 Å². The van der Waals surface area contributed by atoms with Gasteiger partial charge in [0.05, 0.1) is 5.92 Å². The van der Waals surface area contributed by atoms with Crippen molar-refractivity contribution < 1.29 is 17.7 Å². The van der Waals surface area contributed by atoms with Crippen molar-refractivity contribution in [2.45, 2.75) is 37.4 Å². The van der Waals surface area contributed by atoms with Gasteiger partial charge in [0, 0.05) is 22.3 Å². The molecular formula is C12H15BrF3NOS. The molecule has 0 aliphatic heterocycles. The predicted molar refractivity (Wildman–Crippen MR) is 73.9 cm³/mol. The van der Waals surface area contributed by atoms with Crippen LogP contribution in [0.5, 0.6) is 0 Å². The van der Waals surface area contributed by atoms with Crippen molar-refractivity contribution in [3.8, 4) is 0 Å². The fraction of sp³-hybridized carbons (Fsp3) is 0.500. The van der Waals surface area contributed by atoms with E-state index in [4.69, 9.17) is 5.14 Å². The Hall–Kier alpha value is -0.240.